The molecule has 4 rings (SSSR count). The van der Waals surface area contributed by atoms with Gasteiger partial charge in [-0.25, -0.2) is 0 Å². The summed E-state index contributed by atoms with van der Waals surface area (Å²) in [5.74, 6) is 1.13. The van der Waals surface area contributed by atoms with E-state index in [-0.39, 0.29) is 25.1 Å². The van der Waals surface area contributed by atoms with Crippen LogP contribution < -0.4 is 0 Å². The first-order valence-corrected chi connectivity index (χ1v) is 11.0. The number of rotatable bonds is 4. The van der Waals surface area contributed by atoms with E-state index in [1.165, 1.54) is 0 Å². The summed E-state index contributed by atoms with van der Waals surface area (Å²) >= 11 is 31.5. The van der Waals surface area contributed by atoms with Gasteiger partial charge in [-0.3, -0.25) is 0 Å². The van der Waals surface area contributed by atoms with E-state index < -0.39 is 0 Å². The molecule has 0 unspecified atom stereocenters. The van der Waals surface area contributed by atoms with E-state index in [0.29, 0.717) is 5.56 Å². The van der Waals surface area contributed by atoms with Gasteiger partial charge in [-0.1, -0.05) is 143 Å². The van der Waals surface area contributed by atoms with Crippen molar-refractivity contribution in [2.24, 2.45) is 0 Å². The van der Waals surface area contributed by atoms with Gasteiger partial charge in [0.2, 0.25) is 0 Å². The molecule has 0 fully saturated rings. The van der Waals surface area contributed by atoms with Crippen LogP contribution >= 0.6 is 58.0 Å². The fourth-order valence-corrected chi connectivity index (χ4v) is 4.73. The molecule has 30 heavy (non-hydrogen) atoms. The Morgan fingerprint density at radius 2 is 0.767 bits per heavy atom. The third kappa shape index (κ3) is 4.08. The highest BCUT2D eigenvalue weighted by Gasteiger charge is 2.22. The average Bonchev–Trinajstić information content (AvgIpc) is 2.79. The maximum Gasteiger partial charge on any atom is 0.0809 e. The molecule has 0 amide bonds. The van der Waals surface area contributed by atoms with Gasteiger partial charge in [0.25, 0.3) is 0 Å². The molecular formula is C25H14Cl5. The van der Waals surface area contributed by atoms with Gasteiger partial charge in [0.05, 0.1) is 31.0 Å². The molecule has 0 aliphatic rings. The summed E-state index contributed by atoms with van der Waals surface area (Å²) in [7, 11) is 0. The molecule has 0 bridgehead atoms. The molecule has 5 heteroatoms. The van der Waals surface area contributed by atoms with Crippen LogP contribution in [0.4, 0.5) is 0 Å². The quantitative estimate of drug-likeness (QED) is 0.151. The summed E-state index contributed by atoms with van der Waals surface area (Å²) < 4.78 is 0. The minimum absolute atomic E-state index is 0.150. The number of benzene rings is 4. The lowest BCUT2D eigenvalue weighted by molar-refractivity contribution is 1.23. The molecule has 4 aromatic rings. The average molecular weight is 492 g/mol. The van der Waals surface area contributed by atoms with E-state index >= 15 is 0 Å². The smallest absolute Gasteiger partial charge is 0.0809 e. The number of halogens is 5. The van der Waals surface area contributed by atoms with Crippen LogP contribution in [-0.4, -0.2) is 0 Å². The van der Waals surface area contributed by atoms with Crippen LogP contribution in [-0.2, 0) is 0 Å². The van der Waals surface area contributed by atoms with Crippen molar-refractivity contribution in [2.45, 2.75) is 0 Å². The van der Waals surface area contributed by atoms with Crippen LogP contribution in [0.3, 0.4) is 0 Å². The van der Waals surface area contributed by atoms with Gasteiger partial charge < -0.3 is 0 Å². The van der Waals surface area contributed by atoms with Crippen LogP contribution in [0.2, 0.25) is 25.1 Å². The normalized spacial score (nSPS) is 11.1. The summed E-state index contributed by atoms with van der Waals surface area (Å²) in [5.41, 5.74) is 4.68. The molecular weight excluding hydrogens is 478 g/mol. The Bertz CT molecular complexity index is 1100. The number of hydrogen-bond donors (Lipinski definition) is 0. The maximum atomic E-state index is 6.44. The van der Waals surface area contributed by atoms with E-state index in [9.17, 15) is 0 Å². The molecule has 4 aromatic carbocycles. The molecule has 0 aliphatic heterocycles. The molecule has 0 aliphatic carbocycles. The lowest BCUT2D eigenvalue weighted by Crippen LogP contribution is -2.04. The Balaban J connectivity index is 1.81. The molecule has 0 spiro atoms. The van der Waals surface area contributed by atoms with Crippen LogP contribution in [0.25, 0.3) is 11.1 Å². The zero-order chi connectivity index (χ0) is 21.3. The van der Waals surface area contributed by atoms with Crippen molar-refractivity contribution in [1.82, 2.24) is 0 Å². The van der Waals surface area contributed by atoms with Crippen molar-refractivity contribution < 1.29 is 0 Å². The van der Waals surface area contributed by atoms with Crippen molar-refractivity contribution in [3.8, 4) is 11.1 Å². The van der Waals surface area contributed by atoms with Crippen LogP contribution in [0.5, 0.6) is 0 Å². The minimum Gasteiger partial charge on any atom is -0.0819 e. The number of hydrogen-bond acceptors (Lipinski definition) is 0. The lowest BCUT2D eigenvalue weighted by Gasteiger charge is -2.19. The van der Waals surface area contributed by atoms with Gasteiger partial charge in [-0.15, -0.1) is 0 Å². The predicted molar refractivity (Wildman–Crippen MR) is 130 cm³/mol. The zero-order valence-corrected chi connectivity index (χ0v) is 19.3. The van der Waals surface area contributed by atoms with Crippen LogP contribution in [0.15, 0.2) is 84.9 Å². The lowest BCUT2D eigenvalue weighted by atomic mass is 9.84. The molecule has 0 heterocycles. The standard InChI is InChI=1S/C25H14Cl5/c26-21-20(22(27)24(29)25(30)23(21)28)18-13-11-17(12-14-18)19(15-7-3-1-4-8-15)16-9-5-2-6-10-16/h1-14H. The highest BCUT2D eigenvalue weighted by atomic mass is 35.5. The topological polar surface area (TPSA) is 0 Å². The first-order valence-electron chi connectivity index (χ1n) is 9.09. The van der Waals surface area contributed by atoms with Gasteiger partial charge in [0, 0.05) is 5.56 Å². The molecule has 0 atom stereocenters. The molecule has 0 saturated carbocycles. The zero-order valence-electron chi connectivity index (χ0n) is 15.5. The predicted octanol–water partition coefficient (Wildman–Crippen LogP) is 9.64. The summed E-state index contributed by atoms with van der Waals surface area (Å²) in [6.07, 6.45) is 0. The fourth-order valence-electron chi connectivity index (χ4n) is 3.37. The molecule has 0 saturated heterocycles. The summed E-state index contributed by atoms with van der Waals surface area (Å²) in [4.78, 5) is 0. The first kappa shape index (κ1) is 21.6. The summed E-state index contributed by atoms with van der Waals surface area (Å²) in [5, 5.41) is 1.08. The highest BCUT2D eigenvalue weighted by Crippen LogP contribution is 2.48. The summed E-state index contributed by atoms with van der Waals surface area (Å²) in [6, 6.07) is 28.5. The van der Waals surface area contributed by atoms with Gasteiger partial charge in [-0.05, 0) is 22.3 Å². The highest BCUT2D eigenvalue weighted by molar-refractivity contribution is 6.56. The van der Waals surface area contributed by atoms with E-state index in [4.69, 9.17) is 58.0 Å². The second-order valence-corrected chi connectivity index (χ2v) is 8.52. The second-order valence-electron chi connectivity index (χ2n) is 6.63. The van der Waals surface area contributed by atoms with Gasteiger partial charge in [-0.2, -0.15) is 0 Å². The molecule has 1 radical (unpaired) electrons. The minimum atomic E-state index is 0.150. The van der Waals surface area contributed by atoms with E-state index in [2.05, 4.69) is 24.3 Å². The van der Waals surface area contributed by atoms with Crippen molar-refractivity contribution in [2.75, 3.05) is 0 Å². The van der Waals surface area contributed by atoms with E-state index in [0.717, 1.165) is 28.2 Å². The molecule has 0 aromatic heterocycles. The monoisotopic (exact) mass is 489 g/mol. The Hall–Kier alpha value is -1.67. The van der Waals surface area contributed by atoms with E-state index in [1.54, 1.807) is 0 Å². The molecule has 149 valence electrons. The molecule has 0 nitrogen and oxygen atoms in total. The summed E-state index contributed by atoms with van der Waals surface area (Å²) in [6.45, 7) is 0. The Morgan fingerprint density at radius 1 is 0.400 bits per heavy atom. The van der Waals surface area contributed by atoms with Crippen molar-refractivity contribution in [3.63, 3.8) is 0 Å². The van der Waals surface area contributed by atoms with Gasteiger partial charge >= 0.3 is 0 Å². The van der Waals surface area contributed by atoms with E-state index in [1.807, 2.05) is 60.7 Å². The Kier molecular flexibility index (Phi) is 6.63. The third-order valence-corrected chi connectivity index (χ3v) is 7.07. The maximum absolute atomic E-state index is 6.44. The molecule has 0 N–H and O–H groups in total. The van der Waals surface area contributed by atoms with Crippen LogP contribution in [0.1, 0.15) is 16.7 Å². The van der Waals surface area contributed by atoms with Crippen molar-refractivity contribution in [3.05, 3.63) is 133 Å². The van der Waals surface area contributed by atoms with Gasteiger partial charge in [0.15, 0.2) is 0 Å². The second kappa shape index (κ2) is 9.22. The largest absolute Gasteiger partial charge is 0.0819 e. The van der Waals surface area contributed by atoms with Crippen molar-refractivity contribution in [1.29, 1.82) is 0 Å². The first-order chi connectivity index (χ1) is 14.5. The van der Waals surface area contributed by atoms with Crippen LogP contribution in [0, 0.1) is 5.92 Å². The van der Waals surface area contributed by atoms with Crippen molar-refractivity contribution >= 4 is 58.0 Å². The Morgan fingerprint density at radius 3 is 1.20 bits per heavy atom. The van der Waals surface area contributed by atoms with Gasteiger partial charge in [0.1, 0.15) is 0 Å². The third-order valence-electron chi connectivity index (χ3n) is 4.80. The SMILES string of the molecule is Clc1c(Cl)c(Cl)c(-c2ccc([C](c3ccccc3)c3ccccc3)cc2)c(Cl)c1Cl. The Labute approximate surface area is 200 Å². The fraction of sp³-hybridized carbons (Fsp3) is 0.